The third-order valence-electron chi connectivity index (χ3n) is 2.98. The van der Waals surface area contributed by atoms with Crippen molar-refractivity contribution in [2.24, 2.45) is 0 Å². The molecule has 21 heavy (non-hydrogen) atoms. The summed E-state index contributed by atoms with van der Waals surface area (Å²) in [6.07, 6.45) is 0. The van der Waals surface area contributed by atoms with Crippen molar-refractivity contribution < 1.29 is 19.3 Å². The predicted molar refractivity (Wildman–Crippen MR) is 72.9 cm³/mol. The number of hydrogen-bond donors (Lipinski definition) is 0. The van der Waals surface area contributed by atoms with E-state index in [4.69, 9.17) is 9.47 Å². The first-order valence-electron chi connectivity index (χ1n) is 5.75. The Morgan fingerprint density at radius 1 is 1.05 bits per heavy atom. The normalized spacial score (nSPS) is 10.4. The van der Waals surface area contributed by atoms with Gasteiger partial charge in [0.25, 0.3) is 5.69 Å². The van der Waals surface area contributed by atoms with Gasteiger partial charge >= 0.3 is 5.69 Å². The molecule has 1 aromatic heterocycles. The lowest BCUT2D eigenvalue weighted by Gasteiger charge is -2.10. The molecule has 2 aromatic rings. The molecule has 0 bridgehead atoms. The summed E-state index contributed by atoms with van der Waals surface area (Å²) in [7, 11) is 2.62. The molecule has 0 atom stereocenters. The van der Waals surface area contributed by atoms with Crippen LogP contribution in [0.3, 0.4) is 0 Å². The third kappa shape index (κ3) is 2.29. The first-order chi connectivity index (χ1) is 9.90. The Bertz CT molecular complexity index is 758. The number of methoxy groups -OCH3 is 2. The summed E-state index contributed by atoms with van der Waals surface area (Å²) in [6, 6.07) is 2.39. The maximum Gasteiger partial charge on any atom is 0.320 e. The zero-order valence-electron chi connectivity index (χ0n) is 11.4. The van der Waals surface area contributed by atoms with E-state index in [1.54, 1.807) is 6.92 Å². The van der Waals surface area contributed by atoms with Crippen LogP contribution in [0.2, 0.25) is 0 Å². The number of non-ortho nitro benzene ring substituents is 1. The van der Waals surface area contributed by atoms with Crippen molar-refractivity contribution >= 4 is 22.3 Å². The summed E-state index contributed by atoms with van der Waals surface area (Å²) >= 11 is 0. The topological polar surface area (TPSA) is 118 Å². The number of ether oxygens (including phenoxy) is 2. The minimum Gasteiger partial charge on any atom is -0.489 e. The molecule has 0 spiro atoms. The van der Waals surface area contributed by atoms with Crippen molar-refractivity contribution in [3.05, 3.63) is 37.9 Å². The van der Waals surface area contributed by atoms with E-state index in [2.05, 4.69) is 4.98 Å². The summed E-state index contributed by atoms with van der Waals surface area (Å²) < 4.78 is 10.0. The lowest BCUT2D eigenvalue weighted by atomic mass is 10.1. The van der Waals surface area contributed by atoms with Crippen LogP contribution in [0.15, 0.2) is 12.1 Å². The molecule has 0 aliphatic heterocycles. The van der Waals surface area contributed by atoms with Gasteiger partial charge in [0.2, 0.25) is 11.6 Å². The molecule has 0 aliphatic rings. The number of hydrogen-bond acceptors (Lipinski definition) is 7. The standard InChI is InChI=1S/C12H11N3O6/c1-6-4-9(20-2)13-11-10(6)7(14(16)17)5-8(15(18)19)12(11)21-3/h4-5H,1-3H3. The van der Waals surface area contributed by atoms with Gasteiger partial charge in [0.05, 0.1) is 35.5 Å². The molecule has 0 aliphatic carbocycles. The second kappa shape index (κ2) is 5.19. The Kier molecular flexibility index (Phi) is 3.57. The molecular formula is C12H11N3O6. The number of nitro groups is 2. The monoisotopic (exact) mass is 293 g/mol. The Balaban J connectivity index is 3.04. The van der Waals surface area contributed by atoms with Gasteiger partial charge in [0.1, 0.15) is 5.52 Å². The van der Waals surface area contributed by atoms with Gasteiger partial charge in [0, 0.05) is 6.07 Å². The van der Waals surface area contributed by atoms with Gasteiger partial charge in [-0.2, -0.15) is 0 Å². The van der Waals surface area contributed by atoms with Gasteiger partial charge in [-0.25, -0.2) is 4.98 Å². The van der Waals surface area contributed by atoms with Gasteiger partial charge in [-0.3, -0.25) is 20.2 Å². The fourth-order valence-electron chi connectivity index (χ4n) is 2.10. The first-order valence-corrected chi connectivity index (χ1v) is 5.75. The van der Waals surface area contributed by atoms with E-state index in [0.29, 0.717) is 5.56 Å². The highest BCUT2D eigenvalue weighted by Crippen LogP contribution is 2.42. The number of nitrogens with zero attached hydrogens (tertiary/aromatic N) is 3. The Morgan fingerprint density at radius 2 is 1.67 bits per heavy atom. The maximum atomic E-state index is 11.2. The highest BCUT2D eigenvalue weighted by molar-refractivity contribution is 5.98. The van der Waals surface area contributed by atoms with Crippen LogP contribution in [0, 0.1) is 27.2 Å². The van der Waals surface area contributed by atoms with Crippen LogP contribution < -0.4 is 9.47 Å². The lowest BCUT2D eigenvalue weighted by molar-refractivity contribution is -0.393. The molecule has 9 heteroatoms. The molecule has 0 amide bonds. The van der Waals surface area contributed by atoms with Gasteiger partial charge in [-0.05, 0) is 12.5 Å². The molecule has 0 unspecified atom stereocenters. The SMILES string of the molecule is COc1cc(C)c2c([N+](=O)[O-])cc([N+](=O)[O-])c(OC)c2n1. The van der Waals surface area contributed by atoms with E-state index in [-0.39, 0.29) is 22.5 Å². The molecule has 0 radical (unpaired) electrons. The predicted octanol–water partition coefficient (Wildman–Crippen LogP) is 2.38. The van der Waals surface area contributed by atoms with Crippen LogP contribution >= 0.6 is 0 Å². The van der Waals surface area contributed by atoms with Gasteiger partial charge in [0.15, 0.2) is 0 Å². The molecule has 0 saturated heterocycles. The zero-order valence-corrected chi connectivity index (χ0v) is 11.4. The molecule has 9 nitrogen and oxygen atoms in total. The summed E-state index contributed by atoms with van der Waals surface area (Å²) in [4.78, 5) is 24.9. The average Bonchev–Trinajstić information content (AvgIpc) is 2.44. The molecule has 0 N–H and O–H groups in total. The van der Waals surface area contributed by atoms with E-state index < -0.39 is 21.2 Å². The number of pyridine rings is 1. The van der Waals surface area contributed by atoms with E-state index >= 15 is 0 Å². The van der Waals surface area contributed by atoms with E-state index in [1.807, 2.05) is 0 Å². The van der Waals surface area contributed by atoms with Gasteiger partial charge in [-0.1, -0.05) is 0 Å². The lowest BCUT2D eigenvalue weighted by Crippen LogP contribution is -2.01. The highest BCUT2D eigenvalue weighted by atomic mass is 16.6. The number of aryl methyl sites for hydroxylation is 1. The minimum absolute atomic E-state index is 0.0234. The first kappa shape index (κ1) is 14.4. The molecule has 1 heterocycles. The summed E-state index contributed by atoms with van der Waals surface area (Å²) in [5.41, 5.74) is -0.381. The Labute approximate surface area is 118 Å². The van der Waals surface area contributed by atoms with Crippen molar-refractivity contribution in [1.29, 1.82) is 0 Å². The van der Waals surface area contributed by atoms with Crippen LogP contribution in [-0.4, -0.2) is 29.1 Å². The second-order valence-electron chi connectivity index (χ2n) is 4.17. The van der Waals surface area contributed by atoms with E-state index in [1.165, 1.54) is 20.3 Å². The van der Waals surface area contributed by atoms with E-state index in [9.17, 15) is 20.2 Å². The maximum absolute atomic E-state index is 11.2. The van der Waals surface area contributed by atoms with E-state index in [0.717, 1.165) is 6.07 Å². The number of fused-ring (bicyclic) bond motifs is 1. The zero-order chi connectivity index (χ0) is 15.7. The minimum atomic E-state index is -0.748. The van der Waals surface area contributed by atoms with Gasteiger partial charge in [-0.15, -0.1) is 0 Å². The van der Waals surface area contributed by atoms with Crippen LogP contribution in [0.25, 0.3) is 10.9 Å². The van der Waals surface area contributed by atoms with Crippen molar-refractivity contribution in [2.75, 3.05) is 14.2 Å². The average molecular weight is 293 g/mol. The Hall–Kier alpha value is -2.97. The molecule has 110 valence electrons. The molecule has 2 rings (SSSR count). The quantitative estimate of drug-likeness (QED) is 0.627. The number of benzene rings is 1. The second-order valence-corrected chi connectivity index (χ2v) is 4.17. The van der Waals surface area contributed by atoms with Gasteiger partial charge < -0.3 is 9.47 Å². The van der Waals surface area contributed by atoms with Crippen LogP contribution in [0.5, 0.6) is 11.6 Å². The summed E-state index contributed by atoms with van der Waals surface area (Å²) in [5.74, 6) is 0.0516. The van der Waals surface area contributed by atoms with Crippen molar-refractivity contribution in [2.45, 2.75) is 6.92 Å². The van der Waals surface area contributed by atoms with Crippen molar-refractivity contribution in [3.63, 3.8) is 0 Å². The van der Waals surface area contributed by atoms with Crippen molar-refractivity contribution in [1.82, 2.24) is 4.98 Å². The smallest absolute Gasteiger partial charge is 0.320 e. The number of nitro benzene ring substituents is 2. The third-order valence-corrected chi connectivity index (χ3v) is 2.98. The van der Waals surface area contributed by atoms with Crippen molar-refractivity contribution in [3.8, 4) is 11.6 Å². The van der Waals surface area contributed by atoms with Crippen LogP contribution in [0.1, 0.15) is 5.56 Å². The molecule has 0 saturated carbocycles. The number of rotatable bonds is 4. The fraction of sp³-hybridized carbons (Fsp3) is 0.250. The Morgan fingerprint density at radius 3 is 2.14 bits per heavy atom. The van der Waals surface area contributed by atoms with Crippen LogP contribution in [0.4, 0.5) is 11.4 Å². The largest absolute Gasteiger partial charge is 0.489 e. The molecule has 1 aromatic carbocycles. The molecular weight excluding hydrogens is 282 g/mol. The summed E-state index contributed by atoms with van der Waals surface area (Å²) in [5, 5.41) is 22.4. The van der Waals surface area contributed by atoms with Crippen LogP contribution in [-0.2, 0) is 0 Å². The highest BCUT2D eigenvalue weighted by Gasteiger charge is 2.29. The fourth-order valence-corrected chi connectivity index (χ4v) is 2.10. The number of aromatic nitrogens is 1. The summed E-state index contributed by atoms with van der Waals surface area (Å²) in [6.45, 7) is 1.63. The molecule has 0 fully saturated rings.